The molecule has 0 atom stereocenters. The smallest absolute Gasteiger partial charge is 0.0540 e. The first-order chi connectivity index (χ1) is 30.5. The van der Waals surface area contributed by atoms with E-state index in [4.69, 9.17) is 0 Å². The Morgan fingerprint density at radius 2 is 0.603 bits per heavy atom. The highest BCUT2D eigenvalue weighted by Crippen LogP contribution is 2.54. The van der Waals surface area contributed by atoms with E-state index in [1.165, 1.54) is 77.5 Å². The molecule has 9 aromatic rings. The van der Waals surface area contributed by atoms with Gasteiger partial charge in [0, 0.05) is 50.1 Å². The minimum Gasteiger partial charge on any atom is -0.310 e. The molecule has 9 aromatic carbocycles. The molecule has 0 aromatic heterocycles. The third kappa shape index (κ3) is 5.44. The zero-order chi connectivity index (χ0) is 42.8. The molecule has 304 valence electrons. The van der Waals surface area contributed by atoms with Crippen LogP contribution in [0.2, 0.25) is 0 Å². The van der Waals surface area contributed by atoms with Crippen LogP contribution in [-0.2, 0) is 16.2 Å². The fourth-order valence-corrected chi connectivity index (χ4v) is 11.5. The molecule has 2 nitrogen and oxygen atoms in total. The summed E-state index contributed by atoms with van der Waals surface area (Å²) in [6.07, 6.45) is 0. The average molecular weight is 811 g/mol. The maximum atomic E-state index is 2.47. The average Bonchev–Trinajstić information content (AvgIpc) is 3.79. The quantitative estimate of drug-likeness (QED) is 0.165. The van der Waals surface area contributed by atoms with Crippen molar-refractivity contribution < 1.29 is 0 Å². The third-order valence-electron chi connectivity index (χ3n) is 14.8. The molecule has 0 N–H and O–H groups in total. The summed E-state index contributed by atoms with van der Waals surface area (Å²) in [5.74, 6) is 0. The number of anilines is 6. The first kappa shape index (κ1) is 37.6. The van der Waals surface area contributed by atoms with Crippen LogP contribution < -0.4 is 9.80 Å². The molecule has 0 saturated heterocycles. The summed E-state index contributed by atoms with van der Waals surface area (Å²) in [7, 11) is 0. The van der Waals surface area contributed by atoms with Gasteiger partial charge in [0.2, 0.25) is 0 Å². The number of hydrogen-bond donors (Lipinski definition) is 0. The molecule has 0 amide bonds. The van der Waals surface area contributed by atoms with E-state index in [0.29, 0.717) is 0 Å². The van der Waals surface area contributed by atoms with Crippen LogP contribution in [0.25, 0.3) is 44.2 Å². The van der Waals surface area contributed by atoms with Gasteiger partial charge in [-0.05, 0) is 139 Å². The van der Waals surface area contributed by atoms with Gasteiger partial charge in [0.25, 0.3) is 0 Å². The van der Waals surface area contributed by atoms with E-state index in [1.54, 1.807) is 0 Å². The van der Waals surface area contributed by atoms with E-state index in [2.05, 4.69) is 245 Å². The Bertz CT molecular complexity index is 3220. The highest BCUT2D eigenvalue weighted by molar-refractivity contribution is 6.00. The first-order valence-electron chi connectivity index (χ1n) is 22.4. The summed E-state index contributed by atoms with van der Waals surface area (Å²) in [5.41, 5.74) is 22.7. The molecule has 0 radical (unpaired) electrons. The lowest BCUT2D eigenvalue weighted by molar-refractivity contribution is 0.660. The van der Waals surface area contributed by atoms with E-state index >= 15 is 0 Å². The molecule has 3 aliphatic rings. The van der Waals surface area contributed by atoms with Crippen molar-refractivity contribution in [3.8, 4) is 33.4 Å². The van der Waals surface area contributed by atoms with Crippen molar-refractivity contribution in [2.24, 2.45) is 0 Å². The summed E-state index contributed by atoms with van der Waals surface area (Å²) in [6.45, 7) is 14.2. The maximum absolute atomic E-state index is 2.47. The summed E-state index contributed by atoms with van der Waals surface area (Å²) >= 11 is 0. The summed E-state index contributed by atoms with van der Waals surface area (Å²) in [5, 5.41) is 2.44. The van der Waals surface area contributed by atoms with E-state index in [-0.39, 0.29) is 16.2 Å². The third-order valence-corrected chi connectivity index (χ3v) is 14.8. The standard InChI is InChI=1S/C61H50N2/c1-59(2)52-22-12-9-19-46(52)49-33-30-42(36-55(49)59)62(43-31-34-50-47-20-10-13-23-53(47)60(3,4)56(50)37-43)40-26-28-41(29-27-40)63(58-25-15-17-39-16-7-8-18-45(39)58)44-32-35-51-48-21-11-14-24-54(48)61(5,6)57(51)38-44/h7-38H,1-6H3. The Hall–Kier alpha value is -7.16. The fourth-order valence-electron chi connectivity index (χ4n) is 11.5. The SMILES string of the molecule is CC1(C)c2ccccc2-c2ccc(N(c3ccc(N(c4ccc5c(c4)C(C)(C)c4ccccc4-5)c4cccc5ccccc45)cc3)c3ccc4c(c3)C(C)(C)c3ccccc3-4)cc21. The van der Waals surface area contributed by atoms with Gasteiger partial charge in [0.1, 0.15) is 0 Å². The van der Waals surface area contributed by atoms with Crippen molar-refractivity contribution >= 4 is 44.9 Å². The van der Waals surface area contributed by atoms with Crippen LogP contribution in [0.4, 0.5) is 34.1 Å². The second kappa shape index (κ2) is 13.4. The van der Waals surface area contributed by atoms with Gasteiger partial charge in [-0.15, -0.1) is 0 Å². The van der Waals surface area contributed by atoms with Gasteiger partial charge in [-0.1, -0.05) is 169 Å². The topological polar surface area (TPSA) is 6.48 Å². The van der Waals surface area contributed by atoms with E-state index in [1.807, 2.05) is 0 Å². The molecule has 0 aliphatic heterocycles. The number of benzene rings is 9. The van der Waals surface area contributed by atoms with E-state index < -0.39 is 0 Å². The highest BCUT2D eigenvalue weighted by atomic mass is 15.2. The molecule has 3 aliphatic carbocycles. The minimum atomic E-state index is -0.121. The zero-order valence-electron chi connectivity index (χ0n) is 36.9. The largest absolute Gasteiger partial charge is 0.310 e. The molecular weight excluding hydrogens is 761 g/mol. The van der Waals surface area contributed by atoms with E-state index in [0.717, 1.165) is 34.1 Å². The van der Waals surface area contributed by atoms with Gasteiger partial charge < -0.3 is 9.80 Å². The lowest BCUT2D eigenvalue weighted by Crippen LogP contribution is -2.18. The Kier molecular flexibility index (Phi) is 8.01. The Labute approximate surface area is 371 Å². The van der Waals surface area contributed by atoms with Gasteiger partial charge in [-0.25, -0.2) is 0 Å². The number of hydrogen-bond acceptors (Lipinski definition) is 2. The van der Waals surface area contributed by atoms with Crippen LogP contribution in [-0.4, -0.2) is 0 Å². The van der Waals surface area contributed by atoms with Crippen LogP contribution in [0, 0.1) is 0 Å². The first-order valence-corrected chi connectivity index (χ1v) is 22.4. The maximum Gasteiger partial charge on any atom is 0.0540 e. The van der Waals surface area contributed by atoms with Crippen LogP contribution >= 0.6 is 0 Å². The van der Waals surface area contributed by atoms with Gasteiger partial charge in [0.05, 0.1) is 5.69 Å². The van der Waals surface area contributed by atoms with Gasteiger partial charge in [-0.3, -0.25) is 0 Å². The molecule has 2 heteroatoms. The molecule has 0 spiro atoms. The number of nitrogens with zero attached hydrogens (tertiary/aromatic N) is 2. The van der Waals surface area contributed by atoms with Gasteiger partial charge >= 0.3 is 0 Å². The Morgan fingerprint density at radius 3 is 1.06 bits per heavy atom. The number of fused-ring (bicyclic) bond motifs is 10. The second-order valence-corrected chi connectivity index (χ2v) is 19.4. The van der Waals surface area contributed by atoms with Crippen molar-refractivity contribution in [2.75, 3.05) is 9.80 Å². The summed E-state index contributed by atoms with van der Waals surface area (Å²) in [6, 6.07) is 72.8. The minimum absolute atomic E-state index is 0.117. The Morgan fingerprint density at radius 1 is 0.270 bits per heavy atom. The van der Waals surface area contributed by atoms with Crippen LogP contribution in [0.15, 0.2) is 194 Å². The molecular formula is C61H50N2. The molecule has 0 fully saturated rings. The summed E-state index contributed by atoms with van der Waals surface area (Å²) < 4.78 is 0. The lowest BCUT2D eigenvalue weighted by Gasteiger charge is -2.31. The predicted molar refractivity (Wildman–Crippen MR) is 266 cm³/mol. The molecule has 0 heterocycles. The molecule has 0 saturated carbocycles. The van der Waals surface area contributed by atoms with Crippen LogP contribution in [0.5, 0.6) is 0 Å². The number of rotatable bonds is 6. The van der Waals surface area contributed by atoms with Crippen molar-refractivity contribution in [1.82, 2.24) is 0 Å². The van der Waals surface area contributed by atoms with Crippen molar-refractivity contribution in [1.29, 1.82) is 0 Å². The Balaban J connectivity index is 1.02. The van der Waals surface area contributed by atoms with Crippen molar-refractivity contribution in [2.45, 2.75) is 57.8 Å². The lowest BCUT2D eigenvalue weighted by atomic mass is 9.82. The zero-order valence-corrected chi connectivity index (χ0v) is 36.9. The monoisotopic (exact) mass is 810 g/mol. The van der Waals surface area contributed by atoms with E-state index in [9.17, 15) is 0 Å². The fraction of sp³-hybridized carbons (Fsp3) is 0.148. The van der Waals surface area contributed by atoms with Gasteiger partial charge in [0.15, 0.2) is 0 Å². The normalized spacial score (nSPS) is 15.2. The summed E-state index contributed by atoms with van der Waals surface area (Å²) in [4.78, 5) is 4.93. The molecule has 0 bridgehead atoms. The second-order valence-electron chi connectivity index (χ2n) is 19.4. The van der Waals surface area contributed by atoms with Crippen molar-refractivity contribution in [3.05, 3.63) is 228 Å². The van der Waals surface area contributed by atoms with Gasteiger partial charge in [-0.2, -0.15) is 0 Å². The molecule has 0 unspecified atom stereocenters. The van der Waals surface area contributed by atoms with Crippen LogP contribution in [0.1, 0.15) is 74.9 Å². The highest BCUT2D eigenvalue weighted by Gasteiger charge is 2.39. The predicted octanol–water partition coefficient (Wildman–Crippen LogP) is 16.7. The molecule has 12 rings (SSSR count). The van der Waals surface area contributed by atoms with Crippen LogP contribution in [0.3, 0.4) is 0 Å². The van der Waals surface area contributed by atoms with Crippen molar-refractivity contribution in [3.63, 3.8) is 0 Å². The molecule has 63 heavy (non-hydrogen) atoms.